The van der Waals surface area contributed by atoms with E-state index in [1.54, 1.807) is 26.2 Å². The first kappa shape index (κ1) is 36.7. The number of carbonyl (C=O) groups excluding carboxylic acids is 2. The molecule has 2 aliphatic heterocycles. The highest BCUT2D eigenvalue weighted by Crippen LogP contribution is 2.47. The molecular formula is C40H48ClN3O7S. The van der Waals surface area contributed by atoms with E-state index in [9.17, 15) is 13.8 Å². The van der Waals surface area contributed by atoms with E-state index in [2.05, 4.69) is 38.3 Å². The van der Waals surface area contributed by atoms with E-state index >= 15 is 0 Å². The van der Waals surface area contributed by atoms with Crippen molar-refractivity contribution in [2.45, 2.75) is 70.5 Å². The van der Waals surface area contributed by atoms with Gasteiger partial charge in [-0.15, -0.1) is 4.36 Å². The average molecular weight is 750 g/mol. The molecule has 2 bridgehead atoms. The number of fused-ring (bicyclic) bond motifs is 4. The Morgan fingerprint density at radius 3 is 2.79 bits per heavy atom. The molecule has 7 rings (SSSR count). The summed E-state index contributed by atoms with van der Waals surface area (Å²) >= 11 is 6.46. The van der Waals surface area contributed by atoms with Crippen molar-refractivity contribution in [3.63, 3.8) is 0 Å². The van der Waals surface area contributed by atoms with Crippen molar-refractivity contribution in [2.75, 3.05) is 44.6 Å². The maximum atomic E-state index is 14.6. The molecule has 2 aromatic carbocycles. The lowest BCUT2D eigenvalue weighted by Gasteiger charge is -2.46. The number of carbonyl (C=O) groups is 2. The predicted molar refractivity (Wildman–Crippen MR) is 202 cm³/mol. The quantitative estimate of drug-likeness (QED) is 0.267. The highest BCUT2D eigenvalue weighted by molar-refractivity contribution is 7.92. The molecule has 0 unspecified atom stereocenters. The SMILES string of the molecule is COCc1oc(C(=O)N[S@@]2(=O)=NC(=O)c3ccc4c(c3)N(C[C@@H]3CC[C@H]3[C@@H](OC)/C=C/C[C@H](C)C2)C[C@@]2(CCCc3cc(Cl)ccc32)CO4)cc1C. The maximum absolute atomic E-state index is 14.6. The molecule has 3 heterocycles. The fourth-order valence-electron chi connectivity index (χ4n) is 8.47. The van der Waals surface area contributed by atoms with Crippen molar-refractivity contribution in [3.8, 4) is 5.75 Å². The number of ether oxygens (including phenoxy) is 3. The van der Waals surface area contributed by atoms with Crippen LogP contribution in [0.5, 0.6) is 5.75 Å². The molecule has 1 spiro atoms. The molecule has 2 aliphatic carbocycles. The van der Waals surface area contributed by atoms with E-state index in [1.165, 1.54) is 18.2 Å². The summed E-state index contributed by atoms with van der Waals surface area (Å²) in [4.78, 5) is 29.9. The number of hydrogen-bond acceptors (Lipinski definition) is 8. The monoisotopic (exact) mass is 749 g/mol. The summed E-state index contributed by atoms with van der Waals surface area (Å²) in [7, 11) is -0.299. The average Bonchev–Trinajstić information content (AvgIpc) is 3.39. The van der Waals surface area contributed by atoms with Gasteiger partial charge in [0.05, 0.1) is 24.2 Å². The van der Waals surface area contributed by atoms with E-state index in [4.69, 9.17) is 30.2 Å². The van der Waals surface area contributed by atoms with E-state index < -0.39 is 21.7 Å². The largest absolute Gasteiger partial charge is 0.490 e. The zero-order chi connectivity index (χ0) is 36.6. The molecule has 1 N–H and O–H groups in total. The van der Waals surface area contributed by atoms with Gasteiger partial charge in [-0.2, -0.15) is 0 Å². The zero-order valence-electron chi connectivity index (χ0n) is 30.3. The van der Waals surface area contributed by atoms with Crippen LogP contribution in [0.3, 0.4) is 0 Å². The summed E-state index contributed by atoms with van der Waals surface area (Å²) in [5, 5.41) is 0.735. The van der Waals surface area contributed by atoms with Crippen LogP contribution in [0, 0.1) is 24.7 Å². The third-order valence-electron chi connectivity index (χ3n) is 11.3. The maximum Gasteiger partial charge on any atom is 0.299 e. The van der Waals surface area contributed by atoms with Gasteiger partial charge in [-0.05, 0) is 116 Å². The van der Waals surface area contributed by atoms with Crippen molar-refractivity contribution < 1.29 is 32.4 Å². The van der Waals surface area contributed by atoms with Crippen LogP contribution in [0.4, 0.5) is 5.69 Å². The summed E-state index contributed by atoms with van der Waals surface area (Å²) in [6.45, 7) is 5.90. The van der Waals surface area contributed by atoms with Crippen LogP contribution in [-0.2, 0) is 37.8 Å². The van der Waals surface area contributed by atoms with E-state index in [0.717, 1.165) is 54.9 Å². The Labute approximate surface area is 311 Å². The van der Waals surface area contributed by atoms with Crippen molar-refractivity contribution in [1.82, 2.24) is 4.72 Å². The Balaban J connectivity index is 1.29. The third-order valence-corrected chi connectivity index (χ3v) is 13.5. The lowest BCUT2D eigenvalue weighted by molar-refractivity contribution is 0.0131. The number of benzene rings is 2. The number of nitrogens with one attached hydrogen (secondary N) is 1. The first-order valence-electron chi connectivity index (χ1n) is 18.2. The van der Waals surface area contributed by atoms with Gasteiger partial charge in [0.2, 0.25) is 0 Å². The van der Waals surface area contributed by atoms with Crippen molar-refractivity contribution >= 4 is 39.0 Å². The lowest BCUT2D eigenvalue weighted by Crippen LogP contribution is -2.49. The van der Waals surface area contributed by atoms with Crippen LogP contribution < -0.4 is 14.4 Å². The summed E-state index contributed by atoms with van der Waals surface area (Å²) in [6, 6.07) is 13.1. The molecule has 0 radical (unpaired) electrons. The molecule has 10 nitrogen and oxygen atoms in total. The Kier molecular flexibility index (Phi) is 10.6. The molecule has 0 saturated heterocycles. The minimum Gasteiger partial charge on any atom is -0.490 e. The van der Waals surface area contributed by atoms with Crippen LogP contribution in [0.15, 0.2) is 63.4 Å². The smallest absolute Gasteiger partial charge is 0.299 e. The third kappa shape index (κ3) is 7.42. The first-order chi connectivity index (χ1) is 25.0. The van der Waals surface area contributed by atoms with Gasteiger partial charge >= 0.3 is 0 Å². The molecular weight excluding hydrogens is 702 g/mol. The number of allylic oxidation sites excluding steroid dienone is 1. The van der Waals surface area contributed by atoms with Crippen LogP contribution in [-0.4, -0.2) is 61.8 Å². The highest BCUT2D eigenvalue weighted by atomic mass is 35.5. The van der Waals surface area contributed by atoms with Gasteiger partial charge in [-0.25, -0.2) is 4.21 Å². The molecule has 1 saturated carbocycles. The van der Waals surface area contributed by atoms with E-state index in [0.29, 0.717) is 42.9 Å². The first-order valence-corrected chi connectivity index (χ1v) is 20.3. The fraction of sp³-hybridized carbons (Fsp3) is 0.500. The summed E-state index contributed by atoms with van der Waals surface area (Å²) in [5.74, 6) is 0.283. The second-order valence-electron chi connectivity index (χ2n) is 15.0. The number of amides is 2. The number of anilines is 1. The molecule has 12 heteroatoms. The number of rotatable bonds is 5. The number of furan rings is 1. The molecule has 3 aromatic rings. The minimum absolute atomic E-state index is 0.0223. The number of halogens is 1. The molecule has 278 valence electrons. The number of methoxy groups -OCH3 is 2. The van der Waals surface area contributed by atoms with E-state index in [-0.39, 0.29) is 41.1 Å². The van der Waals surface area contributed by atoms with Crippen LogP contribution in [0.1, 0.15) is 82.4 Å². The Morgan fingerprint density at radius 1 is 1.17 bits per heavy atom. The minimum atomic E-state index is -3.59. The van der Waals surface area contributed by atoms with Gasteiger partial charge in [-0.1, -0.05) is 36.7 Å². The molecule has 52 heavy (non-hydrogen) atoms. The van der Waals surface area contributed by atoms with E-state index in [1.807, 2.05) is 25.1 Å². The van der Waals surface area contributed by atoms with Gasteiger partial charge in [0.25, 0.3) is 11.8 Å². The van der Waals surface area contributed by atoms with Gasteiger partial charge in [0, 0.05) is 43.3 Å². The highest BCUT2D eigenvalue weighted by Gasteiger charge is 2.44. The van der Waals surface area contributed by atoms with Gasteiger partial charge < -0.3 is 23.5 Å². The Bertz CT molecular complexity index is 2000. The Hall–Kier alpha value is -3.64. The summed E-state index contributed by atoms with van der Waals surface area (Å²) in [5.41, 5.74) is 4.07. The van der Waals surface area contributed by atoms with Gasteiger partial charge in [-0.3, -0.25) is 14.3 Å². The topological polar surface area (TPSA) is 120 Å². The number of aryl methyl sites for hydroxylation is 2. The van der Waals surface area contributed by atoms with Crippen LogP contribution >= 0.6 is 11.6 Å². The van der Waals surface area contributed by atoms with Crippen molar-refractivity contribution in [1.29, 1.82) is 0 Å². The molecule has 1 aromatic heterocycles. The predicted octanol–water partition coefficient (Wildman–Crippen LogP) is 7.45. The summed E-state index contributed by atoms with van der Waals surface area (Å²) < 4.78 is 45.0. The van der Waals surface area contributed by atoms with Gasteiger partial charge in [0.15, 0.2) is 5.76 Å². The fourth-order valence-corrected chi connectivity index (χ4v) is 10.5. The number of nitrogens with zero attached hydrogens (tertiary/aromatic N) is 2. The van der Waals surface area contributed by atoms with Crippen molar-refractivity contribution in [2.24, 2.45) is 22.1 Å². The normalized spacial score (nSPS) is 29.5. The standard InChI is InChI=1S/C40H48ClN3O7S/c1-25-7-5-9-34(49-4)31-13-10-29(31)20-44-23-40(16-6-8-27-18-30(41)12-14-32(27)40)24-50-35-15-11-28(19-33(35)44)38(45)42-52(47,22-25)43-39(46)36-17-26(2)37(51-36)21-48-3/h5,9,11-12,14-15,17-19,25,29,31,34H,6-8,10,13,16,20-24H2,1-4H3,(H,42,43,45,46,47)/b9-5+/t25-,29-,31+,34-,40-,52-/m0/s1. The van der Waals surface area contributed by atoms with Crippen LogP contribution in [0.25, 0.3) is 0 Å². The molecule has 2 amide bonds. The number of hydrogen-bond donors (Lipinski definition) is 1. The molecule has 1 fully saturated rings. The molecule has 4 aliphatic rings. The second kappa shape index (κ2) is 15.0. The lowest BCUT2D eigenvalue weighted by atomic mass is 9.68. The summed E-state index contributed by atoms with van der Waals surface area (Å²) in [6.07, 6.45) is 9.78. The van der Waals surface area contributed by atoms with Crippen LogP contribution in [0.2, 0.25) is 5.02 Å². The van der Waals surface area contributed by atoms with Gasteiger partial charge in [0.1, 0.15) is 28.0 Å². The molecule has 6 atom stereocenters. The van der Waals surface area contributed by atoms with Crippen molar-refractivity contribution in [3.05, 3.63) is 93.4 Å². The second-order valence-corrected chi connectivity index (χ2v) is 17.5. The zero-order valence-corrected chi connectivity index (χ0v) is 31.9. The Morgan fingerprint density at radius 2 is 2.02 bits per heavy atom.